The second-order valence-corrected chi connectivity index (χ2v) is 8.02. The van der Waals surface area contributed by atoms with Gasteiger partial charge in [0.25, 0.3) is 5.91 Å². The summed E-state index contributed by atoms with van der Waals surface area (Å²) in [6.45, 7) is 0. The molecule has 1 aromatic carbocycles. The van der Waals surface area contributed by atoms with Crippen LogP contribution in [-0.2, 0) is 19.4 Å². The third-order valence-electron chi connectivity index (χ3n) is 3.23. The first-order chi connectivity index (χ1) is 10.4. The predicted molar refractivity (Wildman–Crippen MR) is 86.2 cm³/mol. The zero-order chi connectivity index (χ0) is 16.2. The van der Waals surface area contributed by atoms with E-state index < -0.39 is 27.6 Å². The van der Waals surface area contributed by atoms with Crippen LogP contribution in [0, 0.1) is 5.92 Å². The van der Waals surface area contributed by atoms with Crippen molar-refractivity contribution < 1.29 is 18.0 Å². The molecule has 1 aliphatic rings. The molecule has 1 aromatic rings. The summed E-state index contributed by atoms with van der Waals surface area (Å²) in [6.07, 6.45) is 3.17. The molecular formula is C14H15BrN2O4S. The van der Waals surface area contributed by atoms with Gasteiger partial charge in [-0.15, -0.1) is 0 Å². The molecule has 2 rings (SSSR count). The summed E-state index contributed by atoms with van der Waals surface area (Å²) in [6, 6.07) is 7.37. The van der Waals surface area contributed by atoms with E-state index in [1.165, 1.54) is 6.08 Å². The van der Waals surface area contributed by atoms with E-state index in [0.29, 0.717) is 0 Å². The van der Waals surface area contributed by atoms with Crippen molar-refractivity contribution in [1.29, 1.82) is 0 Å². The van der Waals surface area contributed by atoms with Gasteiger partial charge in [0.1, 0.15) is 0 Å². The van der Waals surface area contributed by atoms with E-state index in [9.17, 15) is 18.0 Å². The third-order valence-corrected chi connectivity index (χ3v) is 5.72. The van der Waals surface area contributed by atoms with E-state index in [2.05, 4.69) is 26.8 Å². The Hall–Kier alpha value is -1.67. The van der Waals surface area contributed by atoms with Crippen LogP contribution >= 0.6 is 15.9 Å². The molecule has 1 fully saturated rings. The molecule has 0 radical (unpaired) electrons. The molecule has 1 atom stereocenters. The Morgan fingerprint density at radius 3 is 2.59 bits per heavy atom. The standard InChI is InChI=1S/C14H15BrN2O4S/c15-12-4-2-1-3-10(12)5-6-13(18)16-17-14(19)11-7-8-22(20,21)9-11/h1-6,11H,7-9H2,(H,16,18)(H,17,19)/b6-5+/t11-/m1/s1. The molecule has 1 saturated heterocycles. The second kappa shape index (κ2) is 7.06. The summed E-state index contributed by atoms with van der Waals surface area (Å²) in [7, 11) is -3.12. The SMILES string of the molecule is O=C(/C=C/c1ccccc1Br)NNC(=O)[C@@H]1CCS(=O)(=O)C1. The highest BCUT2D eigenvalue weighted by Gasteiger charge is 2.32. The predicted octanol–water partition coefficient (Wildman–Crippen LogP) is 1.04. The highest BCUT2D eigenvalue weighted by atomic mass is 79.9. The van der Waals surface area contributed by atoms with Gasteiger partial charge in [0.15, 0.2) is 9.84 Å². The van der Waals surface area contributed by atoms with E-state index in [1.54, 1.807) is 6.08 Å². The number of nitrogens with one attached hydrogen (secondary N) is 2. The minimum absolute atomic E-state index is 0.0149. The Bertz CT molecular complexity index is 715. The van der Waals surface area contributed by atoms with Crippen LogP contribution < -0.4 is 10.9 Å². The van der Waals surface area contributed by atoms with Gasteiger partial charge in [-0.05, 0) is 24.1 Å². The van der Waals surface area contributed by atoms with Gasteiger partial charge in [0.2, 0.25) is 5.91 Å². The Morgan fingerprint density at radius 1 is 1.23 bits per heavy atom. The molecule has 0 aliphatic carbocycles. The quantitative estimate of drug-likeness (QED) is 0.599. The number of sulfone groups is 1. The van der Waals surface area contributed by atoms with Crippen molar-refractivity contribution in [1.82, 2.24) is 10.9 Å². The van der Waals surface area contributed by atoms with Gasteiger partial charge in [-0.3, -0.25) is 20.4 Å². The van der Waals surface area contributed by atoms with Crippen molar-refractivity contribution in [2.24, 2.45) is 5.92 Å². The van der Waals surface area contributed by atoms with Crippen molar-refractivity contribution in [3.8, 4) is 0 Å². The lowest BCUT2D eigenvalue weighted by Crippen LogP contribution is -2.44. The summed E-state index contributed by atoms with van der Waals surface area (Å²) in [4.78, 5) is 23.4. The van der Waals surface area contributed by atoms with Gasteiger partial charge in [-0.25, -0.2) is 8.42 Å². The number of benzene rings is 1. The number of hydrazine groups is 1. The van der Waals surface area contributed by atoms with Crippen LogP contribution in [0.15, 0.2) is 34.8 Å². The van der Waals surface area contributed by atoms with E-state index >= 15 is 0 Å². The van der Waals surface area contributed by atoms with Crippen molar-refractivity contribution in [2.75, 3.05) is 11.5 Å². The summed E-state index contributed by atoms with van der Waals surface area (Å²) in [5.74, 6) is -1.73. The van der Waals surface area contributed by atoms with Crippen LogP contribution in [0.25, 0.3) is 6.08 Å². The lowest BCUT2D eigenvalue weighted by atomic mass is 10.1. The maximum atomic E-state index is 11.7. The Balaban J connectivity index is 1.83. The monoisotopic (exact) mass is 386 g/mol. The first-order valence-corrected chi connectivity index (χ1v) is 9.22. The minimum Gasteiger partial charge on any atom is -0.273 e. The van der Waals surface area contributed by atoms with E-state index in [0.717, 1.165) is 10.0 Å². The van der Waals surface area contributed by atoms with Crippen LogP contribution in [0.2, 0.25) is 0 Å². The van der Waals surface area contributed by atoms with E-state index in [4.69, 9.17) is 0 Å². The van der Waals surface area contributed by atoms with Crippen LogP contribution in [-0.4, -0.2) is 31.7 Å². The highest BCUT2D eigenvalue weighted by Crippen LogP contribution is 2.18. The number of rotatable bonds is 3. The molecule has 8 heteroatoms. The Morgan fingerprint density at radius 2 is 1.95 bits per heavy atom. The number of hydrogen-bond donors (Lipinski definition) is 2. The molecule has 1 aliphatic heterocycles. The van der Waals surface area contributed by atoms with Gasteiger partial charge in [-0.1, -0.05) is 34.1 Å². The smallest absolute Gasteiger partial charge is 0.262 e. The molecule has 22 heavy (non-hydrogen) atoms. The second-order valence-electron chi connectivity index (χ2n) is 4.93. The lowest BCUT2D eigenvalue weighted by Gasteiger charge is -2.09. The number of carbonyl (C=O) groups excluding carboxylic acids is 2. The van der Waals surface area contributed by atoms with Crippen molar-refractivity contribution >= 4 is 43.7 Å². The third kappa shape index (κ3) is 4.67. The van der Waals surface area contributed by atoms with E-state index in [-0.39, 0.29) is 17.9 Å². The van der Waals surface area contributed by atoms with Gasteiger partial charge in [0.05, 0.1) is 17.4 Å². The molecule has 0 aromatic heterocycles. The number of halogens is 1. The van der Waals surface area contributed by atoms with Gasteiger partial charge < -0.3 is 0 Å². The normalized spacial score (nSPS) is 20.0. The van der Waals surface area contributed by atoms with Crippen LogP contribution in [0.3, 0.4) is 0 Å². The highest BCUT2D eigenvalue weighted by molar-refractivity contribution is 9.10. The summed E-state index contributed by atoms with van der Waals surface area (Å²) >= 11 is 3.35. The average molecular weight is 387 g/mol. The number of amides is 2. The van der Waals surface area contributed by atoms with Crippen LogP contribution in [0.5, 0.6) is 0 Å². The molecule has 0 spiro atoms. The zero-order valence-electron chi connectivity index (χ0n) is 11.6. The fourth-order valence-electron chi connectivity index (χ4n) is 2.04. The number of carbonyl (C=O) groups is 2. The molecule has 2 N–H and O–H groups in total. The minimum atomic E-state index is -3.12. The summed E-state index contributed by atoms with van der Waals surface area (Å²) in [5, 5.41) is 0. The molecule has 118 valence electrons. The molecule has 2 amide bonds. The van der Waals surface area contributed by atoms with Crippen LogP contribution in [0.4, 0.5) is 0 Å². The first kappa shape index (κ1) is 16.7. The number of hydrogen-bond acceptors (Lipinski definition) is 4. The fourth-order valence-corrected chi connectivity index (χ4v) is 4.20. The molecular weight excluding hydrogens is 372 g/mol. The van der Waals surface area contributed by atoms with E-state index in [1.807, 2.05) is 24.3 Å². The summed E-state index contributed by atoms with van der Waals surface area (Å²) in [5.41, 5.74) is 5.31. The van der Waals surface area contributed by atoms with Crippen molar-refractivity contribution in [2.45, 2.75) is 6.42 Å². The van der Waals surface area contributed by atoms with Crippen molar-refractivity contribution in [3.63, 3.8) is 0 Å². The van der Waals surface area contributed by atoms with Gasteiger partial charge in [-0.2, -0.15) is 0 Å². The zero-order valence-corrected chi connectivity index (χ0v) is 14.0. The van der Waals surface area contributed by atoms with Gasteiger partial charge >= 0.3 is 0 Å². The Kier molecular flexibility index (Phi) is 5.36. The van der Waals surface area contributed by atoms with Gasteiger partial charge in [0, 0.05) is 10.5 Å². The molecule has 0 bridgehead atoms. The molecule has 1 heterocycles. The topological polar surface area (TPSA) is 92.3 Å². The molecule has 0 unspecified atom stereocenters. The first-order valence-electron chi connectivity index (χ1n) is 6.60. The summed E-state index contributed by atoms with van der Waals surface area (Å²) < 4.78 is 23.4. The lowest BCUT2D eigenvalue weighted by molar-refractivity contribution is -0.129. The maximum absolute atomic E-state index is 11.7. The average Bonchev–Trinajstić information content (AvgIpc) is 2.84. The van der Waals surface area contributed by atoms with Crippen LogP contribution in [0.1, 0.15) is 12.0 Å². The molecule has 0 saturated carbocycles. The molecule has 6 nitrogen and oxygen atoms in total. The largest absolute Gasteiger partial charge is 0.273 e. The van der Waals surface area contributed by atoms with Crippen molar-refractivity contribution in [3.05, 3.63) is 40.4 Å². The maximum Gasteiger partial charge on any atom is 0.262 e. The Labute approximate surface area is 137 Å². The fraction of sp³-hybridized carbons (Fsp3) is 0.286.